The molecule has 1 aromatic carbocycles. The van der Waals surface area contributed by atoms with Crippen LogP contribution in [0.1, 0.15) is 89.5 Å². The van der Waals surface area contributed by atoms with Crippen molar-refractivity contribution in [3.63, 3.8) is 0 Å². The molecule has 2 aliphatic carbocycles. The molecule has 0 heterocycles. The fraction of sp³-hybridized carbons (Fsp3) is 0.739. The minimum atomic E-state index is -0.738. The van der Waals surface area contributed by atoms with E-state index in [1.54, 1.807) is 6.07 Å². The van der Waals surface area contributed by atoms with Crippen LogP contribution >= 0.6 is 0 Å². The highest BCUT2D eigenvalue weighted by molar-refractivity contribution is 5.22. The zero-order chi connectivity index (χ0) is 17.8. The number of hydrogen-bond donors (Lipinski definition) is 0. The van der Waals surface area contributed by atoms with Crippen molar-refractivity contribution < 1.29 is 8.78 Å². The fourth-order valence-electron chi connectivity index (χ4n) is 5.54. The summed E-state index contributed by atoms with van der Waals surface area (Å²) in [4.78, 5) is 0. The SMILES string of the molecule is CCCC1CCC(C2CCC(C(C)c3ccc(F)c(F)c3)CC2)CC1. The summed E-state index contributed by atoms with van der Waals surface area (Å²) < 4.78 is 26.7. The second-order valence-electron chi connectivity index (χ2n) is 8.71. The normalized spacial score (nSPS) is 31.7. The van der Waals surface area contributed by atoms with Crippen molar-refractivity contribution in [2.45, 2.75) is 84.0 Å². The van der Waals surface area contributed by atoms with Crippen molar-refractivity contribution in [1.29, 1.82) is 0 Å². The Kier molecular flexibility index (Phi) is 6.52. The Morgan fingerprint density at radius 1 is 0.880 bits per heavy atom. The monoisotopic (exact) mass is 348 g/mol. The number of hydrogen-bond acceptors (Lipinski definition) is 0. The van der Waals surface area contributed by atoms with Crippen molar-refractivity contribution in [2.75, 3.05) is 0 Å². The molecule has 0 nitrogen and oxygen atoms in total. The van der Waals surface area contributed by atoms with Crippen LogP contribution in [0.3, 0.4) is 0 Å². The number of rotatable bonds is 5. The lowest BCUT2D eigenvalue weighted by atomic mass is 9.66. The molecule has 2 aliphatic rings. The molecule has 25 heavy (non-hydrogen) atoms. The van der Waals surface area contributed by atoms with Gasteiger partial charge in [-0.15, -0.1) is 0 Å². The summed E-state index contributed by atoms with van der Waals surface area (Å²) >= 11 is 0. The van der Waals surface area contributed by atoms with Gasteiger partial charge in [0.25, 0.3) is 0 Å². The lowest BCUT2D eigenvalue weighted by molar-refractivity contribution is 0.137. The topological polar surface area (TPSA) is 0 Å². The van der Waals surface area contributed by atoms with E-state index in [-0.39, 0.29) is 0 Å². The van der Waals surface area contributed by atoms with E-state index in [1.165, 1.54) is 76.3 Å². The molecular weight excluding hydrogens is 314 g/mol. The first kappa shape index (κ1) is 18.9. The Morgan fingerprint density at radius 3 is 2.04 bits per heavy atom. The third-order valence-corrected chi connectivity index (χ3v) is 7.25. The van der Waals surface area contributed by atoms with E-state index in [0.717, 1.165) is 23.3 Å². The zero-order valence-electron chi connectivity index (χ0n) is 15.9. The molecule has 1 unspecified atom stereocenters. The van der Waals surface area contributed by atoms with Crippen molar-refractivity contribution in [1.82, 2.24) is 0 Å². The van der Waals surface area contributed by atoms with Gasteiger partial charge >= 0.3 is 0 Å². The molecular formula is C23H34F2. The van der Waals surface area contributed by atoms with Crippen LogP contribution in [0.15, 0.2) is 18.2 Å². The molecule has 0 N–H and O–H groups in total. The lowest BCUT2D eigenvalue weighted by Crippen LogP contribution is -2.27. The van der Waals surface area contributed by atoms with Gasteiger partial charge in [-0.2, -0.15) is 0 Å². The molecule has 0 radical (unpaired) electrons. The molecule has 3 rings (SSSR count). The molecule has 0 amide bonds. The highest BCUT2D eigenvalue weighted by Crippen LogP contribution is 2.45. The van der Waals surface area contributed by atoms with Gasteiger partial charge in [-0.25, -0.2) is 8.78 Å². The zero-order valence-corrected chi connectivity index (χ0v) is 15.9. The van der Waals surface area contributed by atoms with Crippen LogP contribution in [-0.4, -0.2) is 0 Å². The van der Waals surface area contributed by atoms with Gasteiger partial charge in [0, 0.05) is 0 Å². The van der Waals surface area contributed by atoms with Crippen LogP contribution < -0.4 is 0 Å². The van der Waals surface area contributed by atoms with Gasteiger partial charge in [0.15, 0.2) is 11.6 Å². The quantitative estimate of drug-likeness (QED) is 0.517. The maximum atomic E-state index is 13.5. The molecule has 0 saturated heterocycles. The smallest absolute Gasteiger partial charge is 0.159 e. The van der Waals surface area contributed by atoms with Crippen LogP contribution in [0.25, 0.3) is 0 Å². The first-order valence-electron chi connectivity index (χ1n) is 10.5. The molecule has 0 spiro atoms. The lowest BCUT2D eigenvalue weighted by Gasteiger charge is -2.39. The Morgan fingerprint density at radius 2 is 1.48 bits per heavy atom. The van der Waals surface area contributed by atoms with E-state index in [4.69, 9.17) is 0 Å². The van der Waals surface area contributed by atoms with E-state index < -0.39 is 11.6 Å². The standard InChI is InChI=1S/C23H34F2/c1-3-4-17-5-7-19(8-6-17)20-11-9-18(10-12-20)16(2)21-13-14-22(24)23(25)15-21/h13-20H,3-12H2,1-2H3. The molecule has 2 heteroatoms. The largest absolute Gasteiger partial charge is 0.204 e. The molecule has 140 valence electrons. The third-order valence-electron chi connectivity index (χ3n) is 7.25. The van der Waals surface area contributed by atoms with Gasteiger partial charge < -0.3 is 0 Å². The Labute approximate surface area is 152 Å². The molecule has 1 atom stereocenters. The summed E-state index contributed by atoms with van der Waals surface area (Å²) in [6.45, 7) is 4.50. The van der Waals surface area contributed by atoms with Crippen LogP contribution in [0.2, 0.25) is 0 Å². The first-order valence-corrected chi connectivity index (χ1v) is 10.5. The summed E-state index contributed by atoms with van der Waals surface area (Å²) in [5, 5.41) is 0. The molecule has 0 aliphatic heterocycles. The van der Waals surface area contributed by atoms with Gasteiger partial charge in [-0.05, 0) is 85.8 Å². The van der Waals surface area contributed by atoms with Gasteiger partial charge in [-0.1, -0.05) is 45.6 Å². The average molecular weight is 349 g/mol. The predicted octanol–water partition coefficient (Wildman–Crippen LogP) is 7.48. The molecule has 1 aromatic rings. The summed E-state index contributed by atoms with van der Waals surface area (Å²) in [5.74, 6) is 2.36. The summed E-state index contributed by atoms with van der Waals surface area (Å²) in [5.41, 5.74) is 0.961. The first-order chi connectivity index (χ1) is 12.1. The van der Waals surface area contributed by atoms with Crippen LogP contribution in [-0.2, 0) is 0 Å². The summed E-state index contributed by atoms with van der Waals surface area (Å²) in [7, 11) is 0. The maximum Gasteiger partial charge on any atom is 0.159 e. The predicted molar refractivity (Wildman–Crippen MR) is 101 cm³/mol. The highest BCUT2D eigenvalue weighted by Gasteiger charge is 2.32. The van der Waals surface area contributed by atoms with Crippen LogP contribution in [0.4, 0.5) is 8.78 Å². The van der Waals surface area contributed by atoms with Crippen molar-refractivity contribution >= 4 is 0 Å². The molecule has 0 aromatic heterocycles. The van der Waals surface area contributed by atoms with E-state index in [0.29, 0.717) is 11.8 Å². The minimum Gasteiger partial charge on any atom is -0.204 e. The number of halogens is 2. The van der Waals surface area contributed by atoms with Gasteiger partial charge in [-0.3, -0.25) is 0 Å². The Bertz CT molecular complexity index is 537. The summed E-state index contributed by atoms with van der Waals surface area (Å²) in [6, 6.07) is 4.45. The van der Waals surface area contributed by atoms with Crippen molar-refractivity contribution in [3.8, 4) is 0 Å². The van der Waals surface area contributed by atoms with E-state index in [2.05, 4.69) is 13.8 Å². The fourth-order valence-corrected chi connectivity index (χ4v) is 5.54. The second kappa shape index (κ2) is 8.64. The Balaban J connectivity index is 1.49. The molecule has 2 saturated carbocycles. The van der Waals surface area contributed by atoms with Crippen LogP contribution in [0, 0.1) is 35.3 Å². The van der Waals surface area contributed by atoms with E-state index in [9.17, 15) is 8.78 Å². The average Bonchev–Trinajstić information content (AvgIpc) is 2.64. The highest BCUT2D eigenvalue weighted by atomic mass is 19.2. The summed E-state index contributed by atoms with van der Waals surface area (Å²) in [6.07, 6.45) is 13.7. The minimum absolute atomic E-state index is 0.330. The Hall–Kier alpha value is -0.920. The third kappa shape index (κ3) is 4.63. The van der Waals surface area contributed by atoms with Gasteiger partial charge in [0.05, 0.1) is 0 Å². The van der Waals surface area contributed by atoms with Gasteiger partial charge in [0.1, 0.15) is 0 Å². The van der Waals surface area contributed by atoms with Crippen molar-refractivity contribution in [3.05, 3.63) is 35.4 Å². The van der Waals surface area contributed by atoms with Crippen LogP contribution in [0.5, 0.6) is 0 Å². The van der Waals surface area contributed by atoms with Gasteiger partial charge in [0.2, 0.25) is 0 Å². The second-order valence-corrected chi connectivity index (χ2v) is 8.71. The van der Waals surface area contributed by atoms with E-state index in [1.807, 2.05) is 0 Å². The molecule has 2 fully saturated rings. The molecule has 0 bridgehead atoms. The number of benzene rings is 1. The van der Waals surface area contributed by atoms with E-state index >= 15 is 0 Å². The maximum absolute atomic E-state index is 13.5. The van der Waals surface area contributed by atoms with Crippen molar-refractivity contribution in [2.24, 2.45) is 23.7 Å².